The number of benzene rings is 4. The zero-order chi connectivity index (χ0) is 23.2. The summed E-state index contributed by atoms with van der Waals surface area (Å²) in [6.45, 7) is 5.59. The van der Waals surface area contributed by atoms with Gasteiger partial charge < -0.3 is 15.5 Å². The molecule has 0 aromatic heterocycles. The number of nitrogens with zero attached hydrogens (tertiary/aromatic N) is 2. The molecule has 0 spiro atoms. The molecule has 5 nitrogen and oxygen atoms in total. The fraction of sp³-hybridized carbons (Fsp3) is 0.207. The number of amides is 2. The standard InChI is InChI=1S/C29H30N4O/c34-29(30-21-25-9-6-8-24-7-4-5-12-28(24)25)31-26-15-13-23(14-16-26)22-32-17-19-33(20-18-32)27-10-2-1-3-11-27/h1-16H,17-22H2,(H2,30,31,34). The molecule has 2 amide bonds. The normalized spacial score (nSPS) is 14.2. The van der Waals surface area contributed by atoms with Crippen molar-refractivity contribution in [3.8, 4) is 0 Å². The molecule has 5 heteroatoms. The summed E-state index contributed by atoms with van der Waals surface area (Å²) in [5.74, 6) is 0. The van der Waals surface area contributed by atoms with E-state index >= 15 is 0 Å². The maximum absolute atomic E-state index is 12.4. The smallest absolute Gasteiger partial charge is 0.319 e. The van der Waals surface area contributed by atoms with Crippen LogP contribution in [0.1, 0.15) is 11.1 Å². The van der Waals surface area contributed by atoms with Crippen molar-refractivity contribution in [3.63, 3.8) is 0 Å². The summed E-state index contributed by atoms with van der Waals surface area (Å²) in [4.78, 5) is 17.4. The lowest BCUT2D eigenvalue weighted by molar-refractivity contribution is 0.250. The predicted octanol–water partition coefficient (Wildman–Crippen LogP) is 5.48. The van der Waals surface area contributed by atoms with Crippen LogP contribution >= 0.6 is 0 Å². The Morgan fingerprint density at radius 3 is 2.24 bits per heavy atom. The van der Waals surface area contributed by atoms with Crippen molar-refractivity contribution in [3.05, 3.63) is 108 Å². The summed E-state index contributed by atoms with van der Waals surface area (Å²) in [6.07, 6.45) is 0. The first-order valence-corrected chi connectivity index (χ1v) is 11.9. The lowest BCUT2D eigenvalue weighted by atomic mass is 10.0. The number of carbonyl (C=O) groups excluding carboxylic acids is 1. The van der Waals surface area contributed by atoms with Crippen LogP contribution < -0.4 is 15.5 Å². The van der Waals surface area contributed by atoms with Crippen molar-refractivity contribution in [1.82, 2.24) is 10.2 Å². The fourth-order valence-corrected chi connectivity index (χ4v) is 4.55. The second kappa shape index (κ2) is 10.4. The van der Waals surface area contributed by atoms with E-state index in [1.54, 1.807) is 0 Å². The zero-order valence-electron chi connectivity index (χ0n) is 19.3. The maximum atomic E-state index is 12.4. The van der Waals surface area contributed by atoms with Crippen molar-refractivity contribution >= 4 is 28.2 Å². The molecule has 0 bridgehead atoms. The third-order valence-electron chi connectivity index (χ3n) is 6.43. The minimum Gasteiger partial charge on any atom is -0.369 e. The molecule has 2 N–H and O–H groups in total. The molecule has 34 heavy (non-hydrogen) atoms. The van der Waals surface area contributed by atoms with E-state index in [1.165, 1.54) is 22.0 Å². The van der Waals surface area contributed by atoms with Gasteiger partial charge in [0, 0.05) is 50.6 Å². The number of piperazine rings is 1. The number of urea groups is 1. The molecule has 0 saturated carbocycles. The summed E-state index contributed by atoms with van der Waals surface area (Å²) < 4.78 is 0. The van der Waals surface area contributed by atoms with Gasteiger partial charge in [-0.25, -0.2) is 4.79 Å². The van der Waals surface area contributed by atoms with Crippen molar-refractivity contribution in [2.24, 2.45) is 0 Å². The Kier molecular flexibility index (Phi) is 6.73. The van der Waals surface area contributed by atoms with E-state index < -0.39 is 0 Å². The molecule has 1 saturated heterocycles. The summed E-state index contributed by atoms with van der Waals surface area (Å²) in [6, 6.07) is 33.0. The Hall–Kier alpha value is -3.83. The van der Waals surface area contributed by atoms with Crippen LogP contribution in [-0.4, -0.2) is 37.1 Å². The van der Waals surface area contributed by atoms with Gasteiger partial charge >= 0.3 is 6.03 Å². The van der Waals surface area contributed by atoms with Crippen LogP contribution in [0.2, 0.25) is 0 Å². The lowest BCUT2D eigenvalue weighted by Crippen LogP contribution is -2.45. The number of fused-ring (bicyclic) bond motifs is 1. The third kappa shape index (κ3) is 5.38. The quantitative estimate of drug-likeness (QED) is 0.409. The summed E-state index contributed by atoms with van der Waals surface area (Å²) in [7, 11) is 0. The highest BCUT2D eigenvalue weighted by atomic mass is 16.2. The van der Waals surface area contributed by atoms with Crippen LogP contribution in [0.25, 0.3) is 10.8 Å². The maximum Gasteiger partial charge on any atom is 0.319 e. The number of rotatable bonds is 6. The predicted molar refractivity (Wildman–Crippen MR) is 140 cm³/mol. The van der Waals surface area contributed by atoms with Crippen molar-refractivity contribution in [1.29, 1.82) is 0 Å². The van der Waals surface area contributed by atoms with Gasteiger partial charge in [0.15, 0.2) is 0 Å². The first-order valence-electron chi connectivity index (χ1n) is 11.9. The molecule has 4 aromatic carbocycles. The summed E-state index contributed by atoms with van der Waals surface area (Å²) >= 11 is 0. The highest BCUT2D eigenvalue weighted by Gasteiger charge is 2.17. The van der Waals surface area contributed by atoms with Gasteiger partial charge in [0.25, 0.3) is 0 Å². The largest absolute Gasteiger partial charge is 0.369 e. The molecule has 1 aliphatic heterocycles. The molecule has 4 aromatic rings. The van der Waals surface area contributed by atoms with E-state index in [0.29, 0.717) is 6.54 Å². The first kappa shape index (κ1) is 22.0. The Morgan fingerprint density at radius 1 is 0.735 bits per heavy atom. The Morgan fingerprint density at radius 2 is 1.44 bits per heavy atom. The highest BCUT2D eigenvalue weighted by Crippen LogP contribution is 2.19. The number of para-hydroxylation sites is 1. The fourth-order valence-electron chi connectivity index (χ4n) is 4.55. The van der Waals surface area contributed by atoms with E-state index in [4.69, 9.17) is 0 Å². The van der Waals surface area contributed by atoms with Gasteiger partial charge in [-0.1, -0.05) is 72.8 Å². The number of hydrogen-bond donors (Lipinski definition) is 2. The molecular formula is C29H30N4O. The van der Waals surface area contributed by atoms with Gasteiger partial charge in [-0.3, -0.25) is 4.90 Å². The van der Waals surface area contributed by atoms with Gasteiger partial charge in [-0.2, -0.15) is 0 Å². The van der Waals surface area contributed by atoms with Crippen LogP contribution in [0, 0.1) is 0 Å². The van der Waals surface area contributed by atoms with Crippen LogP contribution in [0.15, 0.2) is 97.1 Å². The average Bonchev–Trinajstić information content (AvgIpc) is 2.89. The van der Waals surface area contributed by atoms with Crippen molar-refractivity contribution in [2.75, 3.05) is 36.4 Å². The lowest BCUT2D eigenvalue weighted by Gasteiger charge is -2.36. The molecule has 0 aliphatic carbocycles. The molecular weight excluding hydrogens is 420 g/mol. The number of anilines is 2. The van der Waals surface area contributed by atoms with Gasteiger partial charge in [-0.15, -0.1) is 0 Å². The molecule has 0 unspecified atom stereocenters. The SMILES string of the molecule is O=C(NCc1cccc2ccccc12)Nc1ccc(CN2CCN(c3ccccc3)CC2)cc1. The summed E-state index contributed by atoms with van der Waals surface area (Å²) in [5.41, 5.74) is 4.47. The Balaban J connectivity index is 1.10. The second-order valence-electron chi connectivity index (χ2n) is 8.74. The Bertz CT molecular complexity index is 1230. The third-order valence-corrected chi connectivity index (χ3v) is 6.43. The molecule has 1 aliphatic rings. The number of carbonyl (C=O) groups is 1. The minimum atomic E-state index is -0.197. The van der Waals surface area contributed by atoms with Crippen LogP contribution in [0.5, 0.6) is 0 Å². The first-order chi connectivity index (χ1) is 16.7. The van der Waals surface area contributed by atoms with Gasteiger partial charge in [-0.05, 0) is 46.2 Å². The Labute approximate surface area is 201 Å². The van der Waals surface area contributed by atoms with Crippen LogP contribution in [0.3, 0.4) is 0 Å². The van der Waals surface area contributed by atoms with Gasteiger partial charge in [0.2, 0.25) is 0 Å². The molecule has 0 radical (unpaired) electrons. The van der Waals surface area contributed by atoms with E-state index in [-0.39, 0.29) is 6.03 Å². The van der Waals surface area contributed by atoms with E-state index in [0.717, 1.165) is 44.0 Å². The van der Waals surface area contributed by atoms with E-state index in [1.807, 2.05) is 30.3 Å². The molecule has 5 rings (SSSR count). The minimum absolute atomic E-state index is 0.197. The topological polar surface area (TPSA) is 47.6 Å². The van der Waals surface area contributed by atoms with Gasteiger partial charge in [0.05, 0.1) is 0 Å². The molecule has 1 heterocycles. The van der Waals surface area contributed by atoms with E-state index in [2.05, 4.69) is 87.2 Å². The van der Waals surface area contributed by atoms with E-state index in [9.17, 15) is 4.79 Å². The van der Waals surface area contributed by atoms with Crippen LogP contribution in [0.4, 0.5) is 16.2 Å². The van der Waals surface area contributed by atoms with Crippen LogP contribution in [-0.2, 0) is 13.1 Å². The molecule has 0 atom stereocenters. The highest BCUT2D eigenvalue weighted by molar-refractivity contribution is 5.90. The summed E-state index contributed by atoms with van der Waals surface area (Å²) in [5, 5.41) is 8.27. The molecule has 1 fully saturated rings. The second-order valence-corrected chi connectivity index (χ2v) is 8.74. The van der Waals surface area contributed by atoms with Crippen molar-refractivity contribution in [2.45, 2.75) is 13.1 Å². The monoisotopic (exact) mass is 450 g/mol. The average molecular weight is 451 g/mol. The molecule has 172 valence electrons. The number of hydrogen-bond acceptors (Lipinski definition) is 3. The van der Waals surface area contributed by atoms with Gasteiger partial charge in [0.1, 0.15) is 0 Å². The number of nitrogens with one attached hydrogen (secondary N) is 2. The van der Waals surface area contributed by atoms with Crippen molar-refractivity contribution < 1.29 is 4.79 Å². The zero-order valence-corrected chi connectivity index (χ0v) is 19.3.